The molecule has 3 heterocycles. The number of methoxy groups -OCH3 is 1. The van der Waals surface area contributed by atoms with Crippen LogP contribution in [0.5, 0.6) is 5.75 Å². The van der Waals surface area contributed by atoms with Crippen LogP contribution in [0.3, 0.4) is 0 Å². The van der Waals surface area contributed by atoms with E-state index in [1.54, 1.807) is 13.3 Å². The van der Waals surface area contributed by atoms with E-state index in [4.69, 9.17) is 22.1 Å². The van der Waals surface area contributed by atoms with Gasteiger partial charge in [-0.25, -0.2) is 9.97 Å². The first-order valence-electron chi connectivity index (χ1n) is 10.9. The molecule has 5 rings (SSSR count). The number of rotatable bonds is 5. The molecule has 0 radical (unpaired) electrons. The second-order valence-electron chi connectivity index (χ2n) is 8.32. The molecule has 2 aromatic heterocycles. The zero-order chi connectivity index (χ0) is 23.0. The van der Waals surface area contributed by atoms with Gasteiger partial charge >= 0.3 is 0 Å². The number of halogens is 1. The fourth-order valence-electron chi connectivity index (χ4n) is 4.30. The van der Waals surface area contributed by atoms with Gasteiger partial charge in [0.15, 0.2) is 0 Å². The molecule has 0 saturated carbocycles. The van der Waals surface area contributed by atoms with E-state index in [0.29, 0.717) is 40.4 Å². The lowest BCUT2D eigenvalue weighted by Crippen LogP contribution is -2.29. The number of anilines is 2. The lowest BCUT2D eigenvalue weighted by molar-refractivity contribution is 0.417. The Balaban J connectivity index is 1.46. The number of para-hydroxylation sites is 1. The van der Waals surface area contributed by atoms with Crippen molar-refractivity contribution in [3.63, 3.8) is 0 Å². The minimum atomic E-state index is -2.46. The van der Waals surface area contributed by atoms with E-state index in [0.717, 1.165) is 34.6 Å². The number of nitrogens with zero attached hydrogens (tertiary/aromatic N) is 2. The van der Waals surface area contributed by atoms with Gasteiger partial charge in [0.05, 0.1) is 29.7 Å². The summed E-state index contributed by atoms with van der Waals surface area (Å²) in [7, 11) is -0.862. The molecule has 1 aliphatic heterocycles. The third-order valence-electron chi connectivity index (χ3n) is 6.21. The zero-order valence-electron chi connectivity index (χ0n) is 18.2. The Morgan fingerprint density at radius 3 is 2.79 bits per heavy atom. The SMILES string of the molecule is COc1cc([P@]2(=O)CC[C@H](N)CC2)ccc1Nc1ncc(Cl)c(-c2c[nH]c3ccccc23)n1. The predicted molar refractivity (Wildman–Crippen MR) is 135 cm³/mol. The molecule has 170 valence electrons. The average molecular weight is 482 g/mol. The van der Waals surface area contributed by atoms with Gasteiger partial charge in [-0.1, -0.05) is 29.8 Å². The molecule has 1 fully saturated rings. The van der Waals surface area contributed by atoms with Gasteiger partial charge < -0.3 is 25.3 Å². The second-order valence-corrected chi connectivity index (χ2v) is 11.9. The summed E-state index contributed by atoms with van der Waals surface area (Å²) in [6.07, 6.45) is 6.32. The van der Waals surface area contributed by atoms with Gasteiger partial charge in [-0.15, -0.1) is 0 Å². The Morgan fingerprint density at radius 2 is 2.00 bits per heavy atom. The summed E-state index contributed by atoms with van der Waals surface area (Å²) < 4.78 is 19.1. The highest BCUT2D eigenvalue weighted by molar-refractivity contribution is 7.71. The van der Waals surface area contributed by atoms with Crippen LogP contribution in [0.2, 0.25) is 5.02 Å². The van der Waals surface area contributed by atoms with Gasteiger partial charge in [-0.3, -0.25) is 0 Å². The van der Waals surface area contributed by atoms with Crippen molar-refractivity contribution in [2.75, 3.05) is 24.8 Å². The van der Waals surface area contributed by atoms with Crippen molar-refractivity contribution in [3.8, 4) is 17.0 Å². The monoisotopic (exact) mass is 481 g/mol. The fraction of sp³-hybridized carbons (Fsp3) is 0.250. The number of hydrogen-bond donors (Lipinski definition) is 3. The summed E-state index contributed by atoms with van der Waals surface area (Å²) in [5.74, 6) is 0.978. The first-order valence-corrected chi connectivity index (χ1v) is 13.3. The standard InChI is InChI=1S/C24H25ClN5O2P/c1-32-22-12-16(33(31)10-8-15(26)9-11-33)6-7-21(22)29-24-28-14-19(25)23(30-24)18-13-27-20-5-3-2-4-17(18)20/h2-7,12-15,27H,8-11,26H2,1H3,(H,28,29,30)/t15-,33-. The highest BCUT2D eigenvalue weighted by atomic mass is 35.5. The molecule has 2 aromatic carbocycles. The summed E-state index contributed by atoms with van der Waals surface area (Å²) in [5.41, 5.74) is 9.23. The number of H-pyrrole nitrogens is 1. The Bertz CT molecular complexity index is 1360. The van der Waals surface area contributed by atoms with Crippen LogP contribution in [0.1, 0.15) is 12.8 Å². The van der Waals surface area contributed by atoms with Gasteiger partial charge in [0.2, 0.25) is 5.95 Å². The summed E-state index contributed by atoms with van der Waals surface area (Å²) in [6.45, 7) is 0. The van der Waals surface area contributed by atoms with Crippen molar-refractivity contribution in [2.24, 2.45) is 5.73 Å². The predicted octanol–water partition coefficient (Wildman–Crippen LogP) is 5.14. The lowest BCUT2D eigenvalue weighted by atomic mass is 10.1. The third-order valence-corrected chi connectivity index (χ3v) is 9.67. The van der Waals surface area contributed by atoms with Crippen LogP contribution in [0.4, 0.5) is 11.6 Å². The van der Waals surface area contributed by atoms with E-state index in [9.17, 15) is 4.57 Å². The number of aromatic amines is 1. The van der Waals surface area contributed by atoms with Crippen LogP contribution >= 0.6 is 18.7 Å². The van der Waals surface area contributed by atoms with Crippen LogP contribution in [0.15, 0.2) is 54.9 Å². The Labute approximate surface area is 197 Å². The highest BCUT2D eigenvalue weighted by Crippen LogP contribution is 2.50. The summed E-state index contributed by atoms with van der Waals surface area (Å²) in [5, 5.41) is 5.54. The van der Waals surface area contributed by atoms with E-state index in [1.165, 1.54) is 0 Å². The molecule has 0 aliphatic carbocycles. The molecule has 4 N–H and O–H groups in total. The molecule has 0 atom stereocenters. The maximum absolute atomic E-state index is 13.5. The first kappa shape index (κ1) is 22.0. The van der Waals surface area contributed by atoms with Crippen molar-refractivity contribution in [3.05, 3.63) is 59.9 Å². The quantitative estimate of drug-likeness (QED) is 0.341. The van der Waals surface area contributed by atoms with Crippen molar-refractivity contribution in [1.29, 1.82) is 0 Å². The van der Waals surface area contributed by atoms with Gasteiger partial charge in [0, 0.05) is 46.3 Å². The van der Waals surface area contributed by atoms with Gasteiger partial charge in [0.25, 0.3) is 0 Å². The number of fused-ring (bicyclic) bond motifs is 1. The van der Waals surface area contributed by atoms with E-state index in [1.807, 2.05) is 48.7 Å². The van der Waals surface area contributed by atoms with Gasteiger partial charge in [-0.2, -0.15) is 0 Å². The van der Waals surface area contributed by atoms with Crippen molar-refractivity contribution in [1.82, 2.24) is 15.0 Å². The molecule has 33 heavy (non-hydrogen) atoms. The molecule has 0 unspecified atom stereocenters. The molecule has 0 bridgehead atoms. The number of benzene rings is 2. The summed E-state index contributed by atoms with van der Waals surface area (Å²) in [4.78, 5) is 12.3. The molecule has 1 saturated heterocycles. The van der Waals surface area contributed by atoms with Crippen LogP contribution in [0, 0.1) is 0 Å². The van der Waals surface area contributed by atoms with Gasteiger partial charge in [-0.05, 0) is 37.1 Å². The van der Waals surface area contributed by atoms with Crippen molar-refractivity contribution < 1.29 is 9.30 Å². The largest absolute Gasteiger partial charge is 0.495 e. The minimum absolute atomic E-state index is 0.142. The molecule has 1 aliphatic rings. The third kappa shape index (κ3) is 4.24. The van der Waals surface area contributed by atoms with E-state index < -0.39 is 7.14 Å². The number of nitrogens with one attached hydrogen (secondary N) is 2. The molecule has 7 nitrogen and oxygen atoms in total. The minimum Gasteiger partial charge on any atom is -0.495 e. The second kappa shape index (κ2) is 8.82. The topological polar surface area (TPSA) is 106 Å². The van der Waals surface area contributed by atoms with Crippen LogP contribution < -0.4 is 21.1 Å². The van der Waals surface area contributed by atoms with Crippen LogP contribution in [-0.4, -0.2) is 40.4 Å². The smallest absolute Gasteiger partial charge is 0.227 e. The first-order chi connectivity index (χ1) is 16.0. The van der Waals surface area contributed by atoms with Crippen molar-refractivity contribution in [2.45, 2.75) is 18.9 Å². The Morgan fingerprint density at radius 1 is 1.21 bits per heavy atom. The summed E-state index contributed by atoms with van der Waals surface area (Å²) >= 11 is 6.45. The molecule has 0 spiro atoms. The van der Waals surface area contributed by atoms with Crippen LogP contribution in [0.25, 0.3) is 22.2 Å². The Hall–Kier alpha value is -2.86. The van der Waals surface area contributed by atoms with Crippen molar-refractivity contribution >= 4 is 46.6 Å². The maximum atomic E-state index is 13.5. The highest BCUT2D eigenvalue weighted by Gasteiger charge is 2.31. The average Bonchev–Trinajstić information content (AvgIpc) is 3.26. The molecular formula is C24H25ClN5O2P. The number of hydrogen-bond acceptors (Lipinski definition) is 6. The van der Waals surface area contributed by atoms with E-state index in [-0.39, 0.29) is 6.04 Å². The van der Waals surface area contributed by atoms with E-state index >= 15 is 0 Å². The lowest BCUT2D eigenvalue weighted by Gasteiger charge is -2.27. The summed E-state index contributed by atoms with van der Waals surface area (Å²) in [6, 6.07) is 13.7. The molecule has 4 aromatic rings. The normalized spacial score (nSPS) is 20.6. The molecule has 9 heteroatoms. The number of aromatic nitrogens is 3. The number of nitrogens with two attached hydrogens (primary N) is 1. The molecular weight excluding hydrogens is 457 g/mol. The van der Waals surface area contributed by atoms with Gasteiger partial charge in [0.1, 0.15) is 12.9 Å². The molecule has 0 amide bonds. The zero-order valence-corrected chi connectivity index (χ0v) is 19.9. The maximum Gasteiger partial charge on any atom is 0.227 e. The number of ether oxygens (including phenoxy) is 1. The fourth-order valence-corrected chi connectivity index (χ4v) is 7.43. The van der Waals surface area contributed by atoms with Crippen LogP contribution in [-0.2, 0) is 4.57 Å². The van der Waals surface area contributed by atoms with E-state index in [2.05, 4.69) is 20.3 Å². The Kier molecular flexibility index (Phi) is 5.87.